The molecule has 9 nitrogen and oxygen atoms in total. The number of aryl methyl sites for hydroxylation is 1. The lowest BCUT2D eigenvalue weighted by Crippen LogP contribution is -2.38. The first-order valence-electron chi connectivity index (χ1n) is 12.6. The SMILES string of the molecule is CCOc1cc(/C=C2/NC(=O)N(CC(=O)Nc3ccccc3CC)C2=O)c(Br)cc1OCc1ccccc1C#N. The third-order valence-corrected chi connectivity index (χ3v) is 6.81. The summed E-state index contributed by atoms with van der Waals surface area (Å²) in [4.78, 5) is 39.1. The van der Waals surface area contributed by atoms with Gasteiger partial charge < -0.3 is 20.1 Å². The van der Waals surface area contributed by atoms with Crippen molar-refractivity contribution in [3.8, 4) is 17.6 Å². The summed E-state index contributed by atoms with van der Waals surface area (Å²) in [7, 11) is 0. The molecular formula is C30H27BrN4O5. The standard InChI is InChI=1S/C30H27BrN4O5/c1-3-19-9-7-8-12-24(19)33-28(36)17-35-29(37)25(34-30(35)38)13-22-14-26(39-4-2)27(15-23(22)31)40-18-21-11-6-5-10-20(21)16-32/h5-15H,3-4,17-18H2,1-2H3,(H,33,36)(H,34,38)/b25-13+. The average Bonchev–Trinajstić information content (AvgIpc) is 3.21. The van der Waals surface area contributed by atoms with Crippen LogP contribution in [0.2, 0.25) is 0 Å². The van der Waals surface area contributed by atoms with Crippen molar-refractivity contribution >= 4 is 45.5 Å². The number of para-hydroxylation sites is 1. The highest BCUT2D eigenvalue weighted by Gasteiger charge is 2.35. The monoisotopic (exact) mass is 602 g/mol. The molecule has 204 valence electrons. The van der Waals surface area contributed by atoms with Gasteiger partial charge in [-0.05, 0) is 54.8 Å². The van der Waals surface area contributed by atoms with E-state index in [-0.39, 0.29) is 12.3 Å². The number of amides is 4. The molecule has 0 spiro atoms. The first kappa shape index (κ1) is 28.4. The van der Waals surface area contributed by atoms with Gasteiger partial charge in [-0.25, -0.2) is 9.69 Å². The predicted molar refractivity (Wildman–Crippen MR) is 153 cm³/mol. The zero-order valence-corrected chi connectivity index (χ0v) is 23.6. The van der Waals surface area contributed by atoms with Gasteiger partial charge in [0.15, 0.2) is 11.5 Å². The fourth-order valence-corrected chi connectivity index (χ4v) is 4.54. The molecule has 4 rings (SSSR count). The van der Waals surface area contributed by atoms with Crippen LogP contribution < -0.4 is 20.1 Å². The first-order chi connectivity index (χ1) is 19.3. The van der Waals surface area contributed by atoms with Crippen molar-refractivity contribution in [2.75, 3.05) is 18.5 Å². The average molecular weight is 603 g/mol. The number of carbonyl (C=O) groups is 3. The molecule has 1 saturated heterocycles. The van der Waals surface area contributed by atoms with E-state index in [9.17, 15) is 19.6 Å². The molecule has 1 fully saturated rings. The molecule has 3 aromatic rings. The van der Waals surface area contributed by atoms with Crippen molar-refractivity contribution in [1.82, 2.24) is 10.2 Å². The molecule has 0 radical (unpaired) electrons. The van der Waals surface area contributed by atoms with Gasteiger partial charge in [0.25, 0.3) is 5.91 Å². The van der Waals surface area contributed by atoms with E-state index >= 15 is 0 Å². The zero-order valence-electron chi connectivity index (χ0n) is 22.0. The van der Waals surface area contributed by atoms with E-state index in [1.54, 1.807) is 36.4 Å². The van der Waals surface area contributed by atoms with E-state index in [0.29, 0.717) is 39.4 Å². The topological polar surface area (TPSA) is 121 Å². The highest BCUT2D eigenvalue weighted by molar-refractivity contribution is 9.10. The van der Waals surface area contributed by atoms with Gasteiger partial charge in [-0.2, -0.15) is 5.26 Å². The second-order valence-electron chi connectivity index (χ2n) is 8.75. The van der Waals surface area contributed by atoms with Gasteiger partial charge in [0.2, 0.25) is 5.91 Å². The number of nitriles is 1. The lowest BCUT2D eigenvalue weighted by molar-refractivity contribution is -0.127. The van der Waals surface area contributed by atoms with E-state index in [2.05, 4.69) is 32.6 Å². The van der Waals surface area contributed by atoms with Crippen LogP contribution in [0, 0.1) is 11.3 Å². The van der Waals surface area contributed by atoms with Crippen LogP contribution in [-0.2, 0) is 22.6 Å². The van der Waals surface area contributed by atoms with Gasteiger partial charge in [-0.15, -0.1) is 0 Å². The molecule has 0 unspecified atom stereocenters. The van der Waals surface area contributed by atoms with Crippen molar-refractivity contribution in [3.05, 3.63) is 93.1 Å². The molecule has 3 aromatic carbocycles. The number of hydrogen-bond acceptors (Lipinski definition) is 6. The van der Waals surface area contributed by atoms with E-state index in [0.717, 1.165) is 22.4 Å². The van der Waals surface area contributed by atoms with Crippen molar-refractivity contribution in [2.45, 2.75) is 26.9 Å². The highest BCUT2D eigenvalue weighted by atomic mass is 79.9. The number of nitrogens with one attached hydrogen (secondary N) is 2. The van der Waals surface area contributed by atoms with Gasteiger partial charge in [-0.3, -0.25) is 9.59 Å². The zero-order chi connectivity index (χ0) is 28.6. The Hall–Kier alpha value is -4.62. The van der Waals surface area contributed by atoms with Crippen LogP contribution >= 0.6 is 15.9 Å². The van der Waals surface area contributed by atoms with Crippen LogP contribution in [0.1, 0.15) is 36.1 Å². The molecule has 40 heavy (non-hydrogen) atoms. The largest absolute Gasteiger partial charge is 0.490 e. The molecule has 10 heteroatoms. The van der Waals surface area contributed by atoms with Gasteiger partial charge in [0.05, 0.1) is 18.2 Å². The number of hydrogen-bond donors (Lipinski definition) is 2. The van der Waals surface area contributed by atoms with Crippen LogP contribution in [0.3, 0.4) is 0 Å². The van der Waals surface area contributed by atoms with Crippen LogP contribution in [0.15, 0.2) is 70.8 Å². The smallest absolute Gasteiger partial charge is 0.329 e. The minimum absolute atomic E-state index is 0.0199. The Morgan fingerprint density at radius 1 is 1.05 bits per heavy atom. The Balaban J connectivity index is 1.51. The second kappa shape index (κ2) is 13.0. The molecular weight excluding hydrogens is 576 g/mol. The minimum atomic E-state index is -0.688. The summed E-state index contributed by atoms with van der Waals surface area (Å²) < 4.78 is 12.3. The molecule has 0 aromatic heterocycles. The number of urea groups is 1. The highest BCUT2D eigenvalue weighted by Crippen LogP contribution is 2.36. The van der Waals surface area contributed by atoms with E-state index < -0.39 is 24.4 Å². The number of ether oxygens (including phenoxy) is 2. The van der Waals surface area contributed by atoms with E-state index in [1.165, 1.54) is 6.08 Å². The summed E-state index contributed by atoms with van der Waals surface area (Å²) in [5.74, 6) is -0.238. The van der Waals surface area contributed by atoms with Crippen LogP contribution in [-0.4, -0.2) is 35.9 Å². The molecule has 2 N–H and O–H groups in total. The maximum Gasteiger partial charge on any atom is 0.329 e. The number of benzene rings is 3. The Bertz CT molecular complexity index is 1530. The fraction of sp³-hybridized carbons (Fsp3) is 0.200. The Kier molecular flexibility index (Phi) is 9.19. The summed E-state index contributed by atoms with van der Waals surface area (Å²) >= 11 is 3.50. The summed E-state index contributed by atoms with van der Waals surface area (Å²) in [6.07, 6.45) is 2.23. The summed E-state index contributed by atoms with van der Waals surface area (Å²) in [6, 6.07) is 19.4. The number of carbonyl (C=O) groups excluding carboxylic acids is 3. The summed E-state index contributed by atoms with van der Waals surface area (Å²) in [5, 5.41) is 14.7. The molecule has 1 aliphatic heterocycles. The van der Waals surface area contributed by atoms with E-state index in [1.807, 2.05) is 38.1 Å². The summed E-state index contributed by atoms with van der Waals surface area (Å²) in [6.45, 7) is 3.90. The number of rotatable bonds is 10. The van der Waals surface area contributed by atoms with Crippen molar-refractivity contribution in [2.24, 2.45) is 0 Å². The predicted octanol–water partition coefficient (Wildman–Crippen LogP) is 5.39. The number of nitrogens with zero attached hydrogens (tertiary/aromatic N) is 2. The van der Waals surface area contributed by atoms with Crippen LogP contribution in [0.25, 0.3) is 6.08 Å². The third kappa shape index (κ3) is 6.50. The van der Waals surface area contributed by atoms with Crippen molar-refractivity contribution < 1.29 is 23.9 Å². The number of anilines is 1. The molecule has 0 saturated carbocycles. The Labute approximate surface area is 240 Å². The van der Waals surface area contributed by atoms with Crippen molar-refractivity contribution in [3.63, 3.8) is 0 Å². The lowest BCUT2D eigenvalue weighted by atomic mass is 10.1. The Morgan fingerprint density at radius 2 is 1.75 bits per heavy atom. The van der Waals surface area contributed by atoms with Crippen LogP contribution in [0.5, 0.6) is 11.5 Å². The van der Waals surface area contributed by atoms with E-state index in [4.69, 9.17) is 9.47 Å². The minimum Gasteiger partial charge on any atom is -0.490 e. The molecule has 1 heterocycles. The maximum absolute atomic E-state index is 13.0. The van der Waals surface area contributed by atoms with Crippen LogP contribution in [0.4, 0.5) is 10.5 Å². The summed E-state index contributed by atoms with van der Waals surface area (Å²) in [5.41, 5.74) is 3.42. The molecule has 0 aliphatic carbocycles. The van der Waals surface area contributed by atoms with Gasteiger partial charge in [0.1, 0.15) is 18.8 Å². The van der Waals surface area contributed by atoms with Gasteiger partial charge in [-0.1, -0.05) is 59.3 Å². The molecule has 0 atom stereocenters. The maximum atomic E-state index is 13.0. The fourth-order valence-electron chi connectivity index (χ4n) is 4.11. The normalized spacial score (nSPS) is 13.7. The molecule has 0 bridgehead atoms. The third-order valence-electron chi connectivity index (χ3n) is 6.12. The number of halogens is 1. The second-order valence-corrected chi connectivity index (χ2v) is 9.60. The molecule has 1 aliphatic rings. The van der Waals surface area contributed by atoms with Gasteiger partial charge >= 0.3 is 6.03 Å². The quantitative estimate of drug-likeness (QED) is 0.237. The lowest BCUT2D eigenvalue weighted by Gasteiger charge is -2.15. The number of imide groups is 1. The molecule has 4 amide bonds. The van der Waals surface area contributed by atoms with Crippen molar-refractivity contribution in [1.29, 1.82) is 5.26 Å². The Morgan fingerprint density at radius 3 is 2.48 bits per heavy atom. The first-order valence-corrected chi connectivity index (χ1v) is 13.4. The van der Waals surface area contributed by atoms with Gasteiger partial charge in [0, 0.05) is 15.7 Å².